The molecule has 1 aliphatic carbocycles. The van der Waals surface area contributed by atoms with Gasteiger partial charge in [-0.05, 0) is 25.2 Å². The molecule has 0 aromatic carbocycles. The zero-order chi connectivity index (χ0) is 15.6. The summed E-state index contributed by atoms with van der Waals surface area (Å²) in [6, 6.07) is 0.187. The molecule has 0 aromatic rings. The molecule has 2 aliphatic heterocycles. The number of amides is 2. The van der Waals surface area contributed by atoms with E-state index in [1.165, 1.54) is 0 Å². The Morgan fingerprint density at radius 1 is 1.41 bits per heavy atom. The number of hydrogen-bond acceptors (Lipinski definition) is 4. The second-order valence-electron chi connectivity index (χ2n) is 6.58. The van der Waals surface area contributed by atoms with Gasteiger partial charge in [0.15, 0.2) is 5.66 Å². The van der Waals surface area contributed by atoms with Crippen molar-refractivity contribution >= 4 is 11.8 Å². The van der Waals surface area contributed by atoms with E-state index in [0.29, 0.717) is 25.3 Å². The van der Waals surface area contributed by atoms with Crippen molar-refractivity contribution in [1.29, 1.82) is 0 Å². The first kappa shape index (κ1) is 15.0. The number of rotatable bonds is 6. The van der Waals surface area contributed by atoms with E-state index in [0.717, 1.165) is 32.1 Å². The predicted octanol–water partition coefficient (Wildman–Crippen LogP) is 1.37. The third-order valence-corrected chi connectivity index (χ3v) is 5.04. The lowest BCUT2D eigenvalue weighted by Gasteiger charge is -2.30. The largest absolute Gasteiger partial charge is 0.356 e. The second-order valence-corrected chi connectivity index (χ2v) is 6.58. The molecule has 2 amide bonds. The maximum Gasteiger partial charge on any atom is 0.223 e. The maximum atomic E-state index is 12.3. The third kappa shape index (κ3) is 3.29. The first-order valence-electron chi connectivity index (χ1n) is 8.06. The number of carbonyl (C=O) groups is 2. The van der Waals surface area contributed by atoms with E-state index in [1.807, 2.05) is 0 Å². The monoisotopic (exact) mass is 302 g/mol. The Kier molecular flexibility index (Phi) is 4.14. The van der Waals surface area contributed by atoms with Crippen LogP contribution in [0.25, 0.3) is 0 Å². The van der Waals surface area contributed by atoms with E-state index >= 15 is 0 Å². The first-order valence-corrected chi connectivity index (χ1v) is 8.06. The van der Waals surface area contributed by atoms with Crippen LogP contribution in [0.4, 0.5) is 0 Å². The average Bonchev–Trinajstić information content (AvgIpc) is 3.17. The van der Waals surface area contributed by atoms with Gasteiger partial charge in [-0.15, -0.1) is 12.3 Å². The number of hydrogen-bond donors (Lipinski definition) is 2. The van der Waals surface area contributed by atoms with Crippen LogP contribution in [-0.4, -0.2) is 30.1 Å². The van der Waals surface area contributed by atoms with Gasteiger partial charge in [-0.3, -0.25) is 9.59 Å². The predicted molar refractivity (Wildman–Crippen MR) is 80.7 cm³/mol. The molecule has 0 spiro atoms. The molecule has 22 heavy (non-hydrogen) atoms. The molecule has 2 fully saturated rings. The number of terminal acetylenes is 1. The van der Waals surface area contributed by atoms with E-state index < -0.39 is 0 Å². The van der Waals surface area contributed by atoms with Gasteiger partial charge in [-0.1, -0.05) is 0 Å². The Morgan fingerprint density at radius 3 is 2.95 bits per heavy atom. The van der Waals surface area contributed by atoms with E-state index in [9.17, 15) is 9.59 Å². The molecular weight excluding hydrogens is 280 g/mol. The molecule has 6 nitrogen and oxygen atoms in total. The topological polar surface area (TPSA) is 82.9 Å². The SMILES string of the molecule is C#CCCC1(CCNC(=O)C2CCC3CC(=O)NC3C2)N=N1. The second kappa shape index (κ2) is 6.07. The number of nitrogens with zero attached hydrogens (tertiary/aromatic N) is 2. The summed E-state index contributed by atoms with van der Waals surface area (Å²) in [6.45, 7) is 0.577. The quantitative estimate of drug-likeness (QED) is 0.726. The lowest BCUT2D eigenvalue weighted by Crippen LogP contribution is -2.41. The minimum absolute atomic E-state index is 0.00869. The van der Waals surface area contributed by atoms with Crippen LogP contribution in [0.1, 0.15) is 44.9 Å². The summed E-state index contributed by atoms with van der Waals surface area (Å²) in [5, 5.41) is 14.1. The van der Waals surface area contributed by atoms with Crippen LogP contribution in [-0.2, 0) is 9.59 Å². The Bertz CT molecular complexity index is 531. The molecule has 1 saturated carbocycles. The Labute approximate surface area is 130 Å². The summed E-state index contributed by atoms with van der Waals surface area (Å²) >= 11 is 0. The highest BCUT2D eigenvalue weighted by molar-refractivity contribution is 5.81. The number of carbonyl (C=O) groups excluding carboxylic acids is 2. The molecule has 3 rings (SSSR count). The highest BCUT2D eigenvalue weighted by atomic mass is 16.2. The lowest BCUT2D eigenvalue weighted by molar-refractivity contribution is -0.126. The number of fused-ring (bicyclic) bond motifs is 1. The van der Waals surface area contributed by atoms with Crippen molar-refractivity contribution in [2.24, 2.45) is 22.1 Å². The smallest absolute Gasteiger partial charge is 0.223 e. The van der Waals surface area contributed by atoms with E-state index in [-0.39, 0.29) is 29.4 Å². The van der Waals surface area contributed by atoms with Gasteiger partial charge in [-0.25, -0.2) is 0 Å². The van der Waals surface area contributed by atoms with Gasteiger partial charge in [0, 0.05) is 44.2 Å². The summed E-state index contributed by atoms with van der Waals surface area (Å²) in [5.74, 6) is 3.25. The fourth-order valence-corrected chi connectivity index (χ4v) is 3.59. The van der Waals surface area contributed by atoms with E-state index in [2.05, 4.69) is 26.8 Å². The normalized spacial score (nSPS) is 31.0. The maximum absolute atomic E-state index is 12.3. The van der Waals surface area contributed by atoms with Gasteiger partial charge < -0.3 is 10.6 Å². The molecule has 2 heterocycles. The Morgan fingerprint density at radius 2 is 2.23 bits per heavy atom. The highest BCUT2D eigenvalue weighted by Gasteiger charge is 2.41. The van der Waals surface area contributed by atoms with Gasteiger partial charge in [0.1, 0.15) is 0 Å². The molecule has 3 atom stereocenters. The summed E-state index contributed by atoms with van der Waals surface area (Å²) in [4.78, 5) is 23.7. The third-order valence-electron chi connectivity index (χ3n) is 5.04. The first-order chi connectivity index (χ1) is 10.6. The van der Waals surface area contributed by atoms with Crippen LogP contribution in [0, 0.1) is 24.2 Å². The molecule has 0 bridgehead atoms. The molecule has 3 aliphatic rings. The van der Waals surface area contributed by atoms with Crippen LogP contribution >= 0.6 is 0 Å². The van der Waals surface area contributed by atoms with Gasteiger partial charge in [-0.2, -0.15) is 10.2 Å². The molecule has 3 unspecified atom stereocenters. The summed E-state index contributed by atoms with van der Waals surface area (Å²) in [5.41, 5.74) is -0.337. The van der Waals surface area contributed by atoms with E-state index in [1.54, 1.807) is 0 Å². The summed E-state index contributed by atoms with van der Waals surface area (Å²) in [7, 11) is 0. The molecule has 2 N–H and O–H groups in total. The van der Waals surface area contributed by atoms with Crippen LogP contribution in [0.3, 0.4) is 0 Å². The fraction of sp³-hybridized carbons (Fsp3) is 0.750. The Balaban J connectivity index is 1.39. The molecule has 1 saturated heterocycles. The van der Waals surface area contributed by atoms with Crippen LogP contribution < -0.4 is 10.6 Å². The van der Waals surface area contributed by atoms with Crippen LogP contribution in [0.5, 0.6) is 0 Å². The molecule has 6 heteroatoms. The average molecular weight is 302 g/mol. The number of nitrogens with one attached hydrogen (secondary N) is 2. The van der Waals surface area contributed by atoms with Gasteiger partial charge >= 0.3 is 0 Å². The van der Waals surface area contributed by atoms with Crippen molar-refractivity contribution in [3.8, 4) is 12.3 Å². The van der Waals surface area contributed by atoms with Gasteiger partial charge in [0.2, 0.25) is 11.8 Å². The molecule has 0 aromatic heterocycles. The van der Waals surface area contributed by atoms with E-state index in [4.69, 9.17) is 6.42 Å². The van der Waals surface area contributed by atoms with Crippen molar-refractivity contribution in [1.82, 2.24) is 10.6 Å². The van der Waals surface area contributed by atoms with Crippen molar-refractivity contribution in [3.63, 3.8) is 0 Å². The zero-order valence-corrected chi connectivity index (χ0v) is 12.7. The van der Waals surface area contributed by atoms with Crippen molar-refractivity contribution < 1.29 is 9.59 Å². The minimum atomic E-state index is -0.337. The van der Waals surface area contributed by atoms with Gasteiger partial charge in [0.05, 0.1) is 0 Å². The summed E-state index contributed by atoms with van der Waals surface area (Å²) < 4.78 is 0. The Hall–Kier alpha value is -1.90. The molecular formula is C16H22N4O2. The zero-order valence-electron chi connectivity index (χ0n) is 12.7. The highest BCUT2D eigenvalue weighted by Crippen LogP contribution is 2.37. The molecule has 0 radical (unpaired) electrons. The van der Waals surface area contributed by atoms with Crippen molar-refractivity contribution in [2.75, 3.05) is 6.54 Å². The minimum Gasteiger partial charge on any atom is -0.356 e. The fourth-order valence-electron chi connectivity index (χ4n) is 3.59. The standard InChI is InChI=1S/C16H22N4O2/c1-2-3-6-16(19-20-16)7-8-17-15(22)12-5-4-11-10-14(21)18-13(11)9-12/h1,11-13H,3-10H2,(H,17,22)(H,18,21). The van der Waals surface area contributed by atoms with Crippen molar-refractivity contribution in [3.05, 3.63) is 0 Å². The summed E-state index contributed by atoms with van der Waals surface area (Å²) in [6.07, 6.45) is 10.6. The van der Waals surface area contributed by atoms with Crippen molar-refractivity contribution in [2.45, 2.75) is 56.7 Å². The van der Waals surface area contributed by atoms with Gasteiger partial charge in [0.25, 0.3) is 0 Å². The van der Waals surface area contributed by atoms with Crippen LogP contribution in [0.15, 0.2) is 10.2 Å². The van der Waals surface area contributed by atoms with Crippen LogP contribution in [0.2, 0.25) is 0 Å². The molecule has 118 valence electrons. The lowest BCUT2D eigenvalue weighted by atomic mass is 9.78.